The molecule has 0 aliphatic carbocycles. The molecule has 0 radical (unpaired) electrons. The van der Waals surface area contributed by atoms with Crippen LogP contribution in [0.15, 0.2) is 67.0 Å². The summed E-state index contributed by atoms with van der Waals surface area (Å²) in [4.78, 5) is 21.5. The Labute approximate surface area is 187 Å². The van der Waals surface area contributed by atoms with Crippen molar-refractivity contribution in [2.24, 2.45) is 5.92 Å². The first kappa shape index (κ1) is 20.6. The predicted molar refractivity (Wildman–Crippen MR) is 122 cm³/mol. The van der Waals surface area contributed by atoms with Gasteiger partial charge in [0.05, 0.1) is 25.1 Å². The molecule has 1 amide bonds. The first-order chi connectivity index (χ1) is 15.6. The van der Waals surface area contributed by atoms with Crippen molar-refractivity contribution < 1.29 is 14.3 Å². The van der Waals surface area contributed by atoms with Crippen molar-refractivity contribution in [2.75, 3.05) is 25.1 Å². The van der Waals surface area contributed by atoms with E-state index in [1.54, 1.807) is 18.5 Å². The number of pyridine rings is 1. The van der Waals surface area contributed by atoms with E-state index < -0.39 is 0 Å². The second-order valence-electron chi connectivity index (χ2n) is 8.67. The minimum Gasteiger partial charge on any atom is -0.394 e. The van der Waals surface area contributed by atoms with E-state index in [9.17, 15) is 14.3 Å². The highest BCUT2D eigenvalue weighted by atomic mass is 19.1. The number of likely N-dealkylation sites (tertiary alicyclic amines) is 1. The number of rotatable bonds is 4. The Bertz CT molecular complexity index is 1140. The quantitative estimate of drug-likeness (QED) is 0.682. The van der Waals surface area contributed by atoms with Gasteiger partial charge >= 0.3 is 0 Å². The van der Waals surface area contributed by atoms with Crippen molar-refractivity contribution in [3.63, 3.8) is 0 Å². The van der Waals surface area contributed by atoms with Crippen molar-refractivity contribution in [2.45, 2.75) is 24.9 Å². The molecule has 1 fully saturated rings. The summed E-state index contributed by atoms with van der Waals surface area (Å²) in [6.45, 7) is 0.690. The topological polar surface area (TPSA) is 56.7 Å². The van der Waals surface area contributed by atoms with Crippen LogP contribution in [-0.4, -0.2) is 47.1 Å². The van der Waals surface area contributed by atoms with E-state index in [4.69, 9.17) is 0 Å². The van der Waals surface area contributed by atoms with Gasteiger partial charge in [0.15, 0.2) is 0 Å². The number of hydrogen-bond acceptors (Lipinski definition) is 4. The molecule has 0 bridgehead atoms. The van der Waals surface area contributed by atoms with Crippen molar-refractivity contribution in [3.8, 4) is 11.1 Å². The zero-order chi connectivity index (χ0) is 22.2. The molecule has 0 saturated carbocycles. The summed E-state index contributed by atoms with van der Waals surface area (Å²) in [7, 11) is 2.00. The van der Waals surface area contributed by atoms with Gasteiger partial charge in [-0.25, -0.2) is 4.39 Å². The van der Waals surface area contributed by atoms with Crippen LogP contribution in [0.1, 0.15) is 23.6 Å². The number of anilines is 1. The van der Waals surface area contributed by atoms with E-state index in [0.717, 1.165) is 34.4 Å². The van der Waals surface area contributed by atoms with Gasteiger partial charge < -0.3 is 14.9 Å². The number of fused-ring (bicyclic) bond motifs is 3. The summed E-state index contributed by atoms with van der Waals surface area (Å²) in [5.41, 5.74) is 4.68. The van der Waals surface area contributed by atoms with Crippen molar-refractivity contribution in [1.29, 1.82) is 0 Å². The van der Waals surface area contributed by atoms with E-state index in [-0.39, 0.29) is 36.3 Å². The van der Waals surface area contributed by atoms with Crippen LogP contribution in [0.25, 0.3) is 11.1 Å². The first-order valence-corrected chi connectivity index (χ1v) is 11.0. The van der Waals surface area contributed by atoms with Gasteiger partial charge in [0, 0.05) is 37.6 Å². The maximum atomic E-state index is 13.8. The summed E-state index contributed by atoms with van der Waals surface area (Å²) in [6.07, 6.45) is 4.57. The number of nitrogens with zero attached hydrogens (tertiary/aromatic N) is 3. The highest BCUT2D eigenvalue weighted by Gasteiger charge is 2.47. The summed E-state index contributed by atoms with van der Waals surface area (Å²) in [6, 6.07) is 16.3. The van der Waals surface area contributed by atoms with Crippen molar-refractivity contribution in [3.05, 3.63) is 83.9 Å². The lowest BCUT2D eigenvalue weighted by Gasteiger charge is -2.44. The Balaban J connectivity index is 1.55. The van der Waals surface area contributed by atoms with Crippen molar-refractivity contribution in [1.82, 2.24) is 9.88 Å². The Morgan fingerprint density at radius 2 is 2.00 bits per heavy atom. The fourth-order valence-corrected chi connectivity index (χ4v) is 5.36. The Morgan fingerprint density at radius 3 is 2.75 bits per heavy atom. The minimum atomic E-state index is -0.273. The monoisotopic (exact) mass is 431 g/mol. The molecule has 3 atom stereocenters. The number of carbonyl (C=O) groups is 1. The number of benzene rings is 2. The van der Waals surface area contributed by atoms with Gasteiger partial charge in [0.2, 0.25) is 5.91 Å². The number of aromatic nitrogens is 1. The number of aliphatic hydroxyl groups is 1. The Kier molecular flexibility index (Phi) is 5.39. The number of halogens is 1. The van der Waals surface area contributed by atoms with E-state index in [0.29, 0.717) is 13.0 Å². The van der Waals surface area contributed by atoms with E-state index in [2.05, 4.69) is 16.0 Å². The molecule has 32 heavy (non-hydrogen) atoms. The lowest BCUT2D eigenvalue weighted by Crippen LogP contribution is -2.48. The van der Waals surface area contributed by atoms with Gasteiger partial charge in [-0.15, -0.1) is 0 Å². The smallest absolute Gasteiger partial charge is 0.227 e. The Morgan fingerprint density at radius 1 is 1.16 bits per heavy atom. The van der Waals surface area contributed by atoms with Crippen LogP contribution in [0, 0.1) is 11.7 Å². The van der Waals surface area contributed by atoms with Gasteiger partial charge in [0.25, 0.3) is 0 Å². The molecular weight excluding hydrogens is 405 g/mol. The molecule has 0 unspecified atom stereocenters. The van der Waals surface area contributed by atoms with Crippen LogP contribution in [0.3, 0.4) is 0 Å². The maximum absolute atomic E-state index is 13.8. The third-order valence-corrected chi connectivity index (χ3v) is 6.91. The van der Waals surface area contributed by atoms with E-state index in [1.807, 2.05) is 42.3 Å². The van der Waals surface area contributed by atoms with Crippen molar-refractivity contribution >= 4 is 11.6 Å². The largest absolute Gasteiger partial charge is 0.394 e. The molecule has 1 saturated heterocycles. The van der Waals surface area contributed by atoms with E-state index >= 15 is 0 Å². The molecule has 6 heteroatoms. The molecule has 5 rings (SSSR count). The van der Waals surface area contributed by atoms with Gasteiger partial charge in [-0.1, -0.05) is 24.3 Å². The normalized spacial score (nSPS) is 21.9. The highest BCUT2D eigenvalue weighted by Crippen LogP contribution is 2.49. The summed E-state index contributed by atoms with van der Waals surface area (Å²) in [5, 5.41) is 10.2. The van der Waals surface area contributed by atoms with Crippen LogP contribution in [0.2, 0.25) is 0 Å². The number of amides is 1. The molecule has 1 aromatic heterocycles. The fraction of sp³-hybridized carbons (Fsp3) is 0.308. The second-order valence-corrected chi connectivity index (χ2v) is 8.67. The predicted octanol–water partition coefficient (Wildman–Crippen LogP) is 3.83. The lowest BCUT2D eigenvalue weighted by atomic mass is 9.81. The molecule has 3 aromatic rings. The molecule has 2 aromatic carbocycles. The summed E-state index contributed by atoms with van der Waals surface area (Å²) < 4.78 is 13.8. The van der Waals surface area contributed by atoms with Gasteiger partial charge in [-0.05, 0) is 59.0 Å². The van der Waals surface area contributed by atoms with E-state index in [1.165, 1.54) is 12.1 Å². The molecule has 1 N–H and O–H groups in total. The van der Waals surface area contributed by atoms with Crippen LogP contribution in [0.4, 0.5) is 10.1 Å². The maximum Gasteiger partial charge on any atom is 0.227 e. The number of carbonyl (C=O) groups excluding carboxylic acids is 1. The zero-order valence-electron chi connectivity index (χ0n) is 18.0. The van der Waals surface area contributed by atoms with Gasteiger partial charge in [0.1, 0.15) is 5.82 Å². The van der Waals surface area contributed by atoms with Crippen LogP contribution in [0.5, 0.6) is 0 Å². The average molecular weight is 432 g/mol. The third kappa shape index (κ3) is 3.54. The SMILES string of the molecule is CN1c2ccc(-c3cccc(F)c3)cc2[C@H]2[C@H](CCN2C(=O)Cc2cccnc2)[C@H]1CO. The standard InChI is InChI=1S/C26H26FN3O2/c1-29-23-8-7-19(18-5-2-6-20(27)13-18)14-22(23)26-21(24(29)16-31)9-11-30(26)25(32)12-17-4-3-10-28-15-17/h2-8,10,13-15,21,24,26,31H,9,11-12,16H2,1H3/t21-,24-,26-/m1/s1. The third-order valence-electron chi connectivity index (χ3n) is 6.91. The summed E-state index contributed by atoms with van der Waals surface area (Å²) in [5.74, 6) is -0.0725. The van der Waals surface area contributed by atoms with Crippen LogP contribution >= 0.6 is 0 Å². The molecule has 5 nitrogen and oxygen atoms in total. The molecule has 0 spiro atoms. The highest BCUT2D eigenvalue weighted by molar-refractivity contribution is 5.81. The number of likely N-dealkylation sites (N-methyl/N-ethyl adjacent to an activating group) is 1. The minimum absolute atomic E-state index is 0.0351. The second kappa shape index (κ2) is 8.36. The lowest BCUT2D eigenvalue weighted by molar-refractivity contribution is -0.132. The Hall–Kier alpha value is -3.25. The zero-order valence-corrected chi connectivity index (χ0v) is 18.0. The molecule has 164 valence electrons. The number of hydrogen-bond donors (Lipinski definition) is 1. The fourth-order valence-electron chi connectivity index (χ4n) is 5.36. The van der Waals surface area contributed by atoms with Crippen LogP contribution in [-0.2, 0) is 11.2 Å². The van der Waals surface area contributed by atoms with Gasteiger partial charge in [-0.3, -0.25) is 9.78 Å². The molecular formula is C26H26FN3O2. The van der Waals surface area contributed by atoms with Gasteiger partial charge in [-0.2, -0.15) is 0 Å². The molecule has 2 aliphatic rings. The average Bonchev–Trinajstić information content (AvgIpc) is 3.25. The molecule has 2 aliphatic heterocycles. The first-order valence-electron chi connectivity index (χ1n) is 11.0. The molecule has 3 heterocycles. The van der Waals surface area contributed by atoms with Crippen LogP contribution < -0.4 is 4.90 Å². The number of aliphatic hydroxyl groups excluding tert-OH is 1. The summed E-state index contributed by atoms with van der Waals surface area (Å²) >= 11 is 0.